The van der Waals surface area contributed by atoms with Gasteiger partial charge in [-0.25, -0.2) is 9.59 Å². The smallest absolute Gasteiger partial charge is 0.326 e. The number of carbonyl (C=O) groups excluding carboxylic acids is 1. The lowest BCUT2D eigenvalue weighted by Gasteiger charge is -2.14. The quantitative estimate of drug-likeness (QED) is 0.718. The second kappa shape index (κ2) is 5.48. The van der Waals surface area contributed by atoms with Crippen molar-refractivity contribution in [2.75, 3.05) is 0 Å². The van der Waals surface area contributed by atoms with E-state index in [-0.39, 0.29) is 5.92 Å². The van der Waals surface area contributed by atoms with Crippen LogP contribution in [0.5, 0.6) is 0 Å². The van der Waals surface area contributed by atoms with Gasteiger partial charge in [0.05, 0.1) is 0 Å². The van der Waals surface area contributed by atoms with E-state index in [1.807, 2.05) is 6.07 Å². The Morgan fingerprint density at radius 2 is 2.28 bits per heavy atom. The number of carbonyl (C=O) groups is 2. The molecule has 1 aromatic heterocycles. The van der Waals surface area contributed by atoms with Crippen LogP contribution in [0.4, 0.5) is 4.79 Å². The molecule has 1 saturated carbocycles. The molecule has 1 heterocycles. The highest BCUT2D eigenvalue weighted by Crippen LogP contribution is 2.32. The molecule has 1 atom stereocenters. The average Bonchev–Trinajstić information content (AvgIpc) is 3.18. The molecular formula is C12H15N3O3. The highest BCUT2D eigenvalue weighted by Gasteiger charge is 2.37. The number of amides is 2. The van der Waals surface area contributed by atoms with Crippen molar-refractivity contribution in [2.24, 2.45) is 5.92 Å². The minimum absolute atomic E-state index is 0.0756. The Kier molecular flexibility index (Phi) is 3.76. The monoisotopic (exact) mass is 249 g/mol. The molecule has 1 unspecified atom stereocenters. The predicted octanol–water partition coefficient (Wildman–Crippen LogP) is 0.744. The molecule has 1 aromatic rings. The average molecular weight is 249 g/mol. The van der Waals surface area contributed by atoms with Gasteiger partial charge in [0.25, 0.3) is 0 Å². The Morgan fingerprint density at radius 3 is 2.83 bits per heavy atom. The highest BCUT2D eigenvalue weighted by molar-refractivity contribution is 5.83. The summed E-state index contributed by atoms with van der Waals surface area (Å²) in [6.45, 7) is 0.330. The Morgan fingerprint density at radius 1 is 1.50 bits per heavy atom. The van der Waals surface area contributed by atoms with Gasteiger partial charge in [-0.05, 0) is 30.4 Å². The van der Waals surface area contributed by atoms with Crippen LogP contribution >= 0.6 is 0 Å². The second-order valence-corrected chi connectivity index (χ2v) is 4.34. The first-order valence-electron chi connectivity index (χ1n) is 5.83. The Balaban J connectivity index is 1.79. The van der Waals surface area contributed by atoms with Gasteiger partial charge < -0.3 is 15.7 Å². The van der Waals surface area contributed by atoms with E-state index >= 15 is 0 Å². The summed E-state index contributed by atoms with van der Waals surface area (Å²) in [6.07, 6.45) is 5.02. The zero-order valence-corrected chi connectivity index (χ0v) is 9.80. The van der Waals surface area contributed by atoms with Gasteiger partial charge in [0.2, 0.25) is 0 Å². The van der Waals surface area contributed by atoms with Crippen LogP contribution in [-0.2, 0) is 11.3 Å². The largest absolute Gasteiger partial charge is 0.480 e. The van der Waals surface area contributed by atoms with Crippen LogP contribution in [-0.4, -0.2) is 28.1 Å². The molecule has 1 aliphatic rings. The van der Waals surface area contributed by atoms with E-state index in [0.29, 0.717) is 6.54 Å². The van der Waals surface area contributed by atoms with Crippen LogP contribution in [0, 0.1) is 5.92 Å². The van der Waals surface area contributed by atoms with E-state index in [1.165, 1.54) is 0 Å². The molecule has 6 nitrogen and oxygen atoms in total. The molecule has 0 radical (unpaired) electrons. The Hall–Kier alpha value is -2.11. The molecule has 1 fully saturated rings. The van der Waals surface area contributed by atoms with Gasteiger partial charge in [0, 0.05) is 18.9 Å². The molecule has 0 spiro atoms. The van der Waals surface area contributed by atoms with Crippen molar-refractivity contribution in [3.8, 4) is 0 Å². The molecule has 0 saturated heterocycles. The number of carboxylic acids is 1. The van der Waals surface area contributed by atoms with Gasteiger partial charge in [-0.15, -0.1) is 0 Å². The lowest BCUT2D eigenvalue weighted by atomic mass is 10.2. The molecule has 3 N–H and O–H groups in total. The summed E-state index contributed by atoms with van der Waals surface area (Å²) >= 11 is 0. The van der Waals surface area contributed by atoms with E-state index in [2.05, 4.69) is 15.6 Å². The molecule has 2 rings (SSSR count). The van der Waals surface area contributed by atoms with Crippen molar-refractivity contribution in [3.63, 3.8) is 0 Å². The Labute approximate surface area is 104 Å². The first-order chi connectivity index (χ1) is 8.66. The first kappa shape index (κ1) is 12.3. The molecule has 2 amide bonds. The van der Waals surface area contributed by atoms with Crippen LogP contribution in [0.3, 0.4) is 0 Å². The van der Waals surface area contributed by atoms with E-state index in [4.69, 9.17) is 5.11 Å². The maximum atomic E-state index is 11.6. The van der Waals surface area contributed by atoms with Crippen molar-refractivity contribution < 1.29 is 14.7 Å². The number of hydrogen-bond acceptors (Lipinski definition) is 3. The van der Waals surface area contributed by atoms with E-state index in [1.54, 1.807) is 18.5 Å². The number of pyridine rings is 1. The third kappa shape index (κ3) is 3.44. The summed E-state index contributed by atoms with van der Waals surface area (Å²) in [5, 5.41) is 14.1. The third-order valence-electron chi connectivity index (χ3n) is 2.82. The summed E-state index contributed by atoms with van der Waals surface area (Å²) < 4.78 is 0. The predicted molar refractivity (Wildman–Crippen MR) is 63.8 cm³/mol. The summed E-state index contributed by atoms with van der Waals surface area (Å²) in [5.74, 6) is -0.902. The zero-order chi connectivity index (χ0) is 13.0. The van der Waals surface area contributed by atoms with Gasteiger partial charge in [0.1, 0.15) is 6.04 Å². The number of urea groups is 1. The van der Waals surface area contributed by atoms with Crippen LogP contribution in [0.1, 0.15) is 18.4 Å². The van der Waals surface area contributed by atoms with Crippen molar-refractivity contribution in [1.29, 1.82) is 0 Å². The van der Waals surface area contributed by atoms with Crippen LogP contribution in [0.15, 0.2) is 24.5 Å². The normalized spacial score (nSPS) is 15.8. The summed E-state index contributed by atoms with van der Waals surface area (Å²) in [4.78, 5) is 26.4. The van der Waals surface area contributed by atoms with Crippen molar-refractivity contribution in [3.05, 3.63) is 30.1 Å². The van der Waals surface area contributed by atoms with Gasteiger partial charge in [-0.3, -0.25) is 4.98 Å². The van der Waals surface area contributed by atoms with E-state index in [0.717, 1.165) is 18.4 Å². The van der Waals surface area contributed by atoms with Gasteiger partial charge in [-0.2, -0.15) is 0 Å². The van der Waals surface area contributed by atoms with Crippen LogP contribution in [0.2, 0.25) is 0 Å². The molecule has 18 heavy (non-hydrogen) atoms. The maximum Gasteiger partial charge on any atom is 0.326 e. The number of nitrogens with zero attached hydrogens (tertiary/aromatic N) is 1. The molecular weight excluding hydrogens is 234 g/mol. The highest BCUT2D eigenvalue weighted by atomic mass is 16.4. The maximum absolute atomic E-state index is 11.6. The standard InChI is InChI=1S/C12H15N3O3/c16-11(17)10(9-3-4-9)15-12(18)14-7-8-2-1-5-13-6-8/h1-2,5-6,9-10H,3-4,7H2,(H,16,17)(H2,14,15,18). The molecule has 1 aliphatic carbocycles. The molecule has 6 heteroatoms. The fraction of sp³-hybridized carbons (Fsp3) is 0.417. The minimum Gasteiger partial charge on any atom is -0.480 e. The number of nitrogens with one attached hydrogen (secondary N) is 2. The minimum atomic E-state index is -0.978. The lowest BCUT2D eigenvalue weighted by molar-refractivity contribution is -0.139. The summed E-state index contributed by atoms with van der Waals surface area (Å²) in [7, 11) is 0. The van der Waals surface area contributed by atoms with E-state index < -0.39 is 18.0 Å². The molecule has 0 aliphatic heterocycles. The van der Waals surface area contributed by atoms with Gasteiger partial charge >= 0.3 is 12.0 Å². The first-order valence-corrected chi connectivity index (χ1v) is 5.83. The van der Waals surface area contributed by atoms with E-state index in [9.17, 15) is 9.59 Å². The zero-order valence-electron chi connectivity index (χ0n) is 9.80. The topological polar surface area (TPSA) is 91.3 Å². The van der Waals surface area contributed by atoms with Crippen LogP contribution in [0.25, 0.3) is 0 Å². The summed E-state index contributed by atoms with van der Waals surface area (Å²) in [5.41, 5.74) is 0.867. The fourth-order valence-electron chi connectivity index (χ4n) is 1.69. The third-order valence-corrected chi connectivity index (χ3v) is 2.82. The fourth-order valence-corrected chi connectivity index (χ4v) is 1.69. The number of aromatic nitrogens is 1. The second-order valence-electron chi connectivity index (χ2n) is 4.34. The molecule has 96 valence electrons. The number of carboxylic acid groups (broad SMARTS) is 1. The van der Waals surface area contributed by atoms with Crippen molar-refractivity contribution in [2.45, 2.75) is 25.4 Å². The lowest BCUT2D eigenvalue weighted by Crippen LogP contribution is -2.46. The molecule has 0 bridgehead atoms. The van der Waals surface area contributed by atoms with Crippen molar-refractivity contribution >= 4 is 12.0 Å². The number of hydrogen-bond donors (Lipinski definition) is 3. The van der Waals surface area contributed by atoms with Gasteiger partial charge in [-0.1, -0.05) is 6.07 Å². The van der Waals surface area contributed by atoms with Crippen LogP contribution < -0.4 is 10.6 Å². The molecule has 0 aromatic carbocycles. The van der Waals surface area contributed by atoms with Gasteiger partial charge in [0.15, 0.2) is 0 Å². The Bertz CT molecular complexity index is 431. The summed E-state index contributed by atoms with van der Waals surface area (Å²) in [6, 6.07) is 2.37. The SMILES string of the molecule is O=C(NCc1cccnc1)NC(C(=O)O)C1CC1. The van der Waals surface area contributed by atoms with Crippen molar-refractivity contribution in [1.82, 2.24) is 15.6 Å². The number of aliphatic carboxylic acids is 1. The number of rotatable bonds is 5.